The third-order valence-corrected chi connectivity index (χ3v) is 6.74. The summed E-state index contributed by atoms with van der Waals surface area (Å²) in [6, 6.07) is 21.9. The molecule has 6 heteroatoms. The van der Waals surface area contributed by atoms with Crippen LogP contribution in [0.3, 0.4) is 0 Å². The van der Waals surface area contributed by atoms with Gasteiger partial charge in [-0.1, -0.05) is 42.5 Å². The summed E-state index contributed by atoms with van der Waals surface area (Å²) in [5.41, 5.74) is 3.07. The number of hydrogen-bond acceptors (Lipinski definition) is 4. The Hall–Kier alpha value is -2.57. The van der Waals surface area contributed by atoms with Crippen molar-refractivity contribution in [3.8, 4) is 11.3 Å². The Bertz CT molecular complexity index is 1190. The summed E-state index contributed by atoms with van der Waals surface area (Å²) in [6.45, 7) is 0. The molecule has 136 valence electrons. The summed E-state index contributed by atoms with van der Waals surface area (Å²) in [5.74, 6) is 0.562. The number of fused-ring (bicyclic) bond motifs is 1. The van der Waals surface area contributed by atoms with E-state index in [1.54, 1.807) is 42.2 Å². The van der Waals surface area contributed by atoms with Crippen LogP contribution in [0.1, 0.15) is 5.69 Å². The smallest absolute Gasteiger partial charge is 0.256 e. The zero-order valence-corrected chi connectivity index (χ0v) is 16.4. The van der Waals surface area contributed by atoms with Crippen molar-refractivity contribution in [2.24, 2.45) is 0 Å². The number of nitrogens with zero attached hydrogens (tertiary/aromatic N) is 2. The van der Waals surface area contributed by atoms with Gasteiger partial charge in [-0.3, -0.25) is 4.98 Å². The van der Waals surface area contributed by atoms with Crippen LogP contribution in [0.15, 0.2) is 83.9 Å². The van der Waals surface area contributed by atoms with Crippen molar-refractivity contribution in [1.29, 1.82) is 0 Å². The van der Waals surface area contributed by atoms with Crippen molar-refractivity contribution < 1.29 is 8.42 Å². The van der Waals surface area contributed by atoms with Crippen LogP contribution in [0, 0.1) is 0 Å². The van der Waals surface area contributed by atoms with Crippen molar-refractivity contribution in [3.63, 3.8) is 0 Å². The second-order valence-corrected chi connectivity index (χ2v) is 8.72. The largest absolute Gasteiger partial charge is 0.268 e. The van der Waals surface area contributed by atoms with E-state index >= 15 is 0 Å². The molecule has 0 fully saturated rings. The van der Waals surface area contributed by atoms with Gasteiger partial charge in [0, 0.05) is 22.9 Å². The number of pyridine rings is 1. The summed E-state index contributed by atoms with van der Waals surface area (Å²) in [5, 5.41) is 0.889. The lowest BCUT2D eigenvalue weighted by Crippen LogP contribution is -2.15. The summed E-state index contributed by atoms with van der Waals surface area (Å²) in [4.78, 5) is 4.77. The number of para-hydroxylation sites is 1. The van der Waals surface area contributed by atoms with Crippen molar-refractivity contribution in [3.05, 3.63) is 84.7 Å². The standard InChI is InChI=1S/C21H18N2O2S2/c1-26-15-20-21(18-12-7-8-14-22-18)17-11-5-6-13-19(17)23(20)27(24,25)16-9-3-2-4-10-16/h2-14H,15H2,1H3. The van der Waals surface area contributed by atoms with E-state index in [4.69, 9.17) is 0 Å². The summed E-state index contributed by atoms with van der Waals surface area (Å²) in [7, 11) is -3.73. The Balaban J connectivity index is 2.12. The highest BCUT2D eigenvalue weighted by Gasteiger charge is 2.27. The predicted molar refractivity (Wildman–Crippen MR) is 111 cm³/mol. The number of rotatable bonds is 5. The number of aromatic nitrogens is 2. The minimum absolute atomic E-state index is 0.278. The second kappa shape index (κ2) is 7.21. The SMILES string of the molecule is CSCc1c(-c2ccccn2)c2ccccc2n1S(=O)(=O)c1ccccc1. The first-order valence-electron chi connectivity index (χ1n) is 8.48. The molecule has 2 aromatic heterocycles. The fourth-order valence-electron chi connectivity index (χ4n) is 3.30. The monoisotopic (exact) mass is 394 g/mol. The van der Waals surface area contributed by atoms with Crippen LogP contribution in [0.2, 0.25) is 0 Å². The maximum absolute atomic E-state index is 13.5. The molecule has 0 saturated heterocycles. The molecule has 4 aromatic rings. The fraction of sp³-hybridized carbons (Fsp3) is 0.0952. The molecule has 0 spiro atoms. The van der Waals surface area contributed by atoms with Gasteiger partial charge >= 0.3 is 0 Å². The van der Waals surface area contributed by atoms with Crippen LogP contribution in [0.5, 0.6) is 0 Å². The van der Waals surface area contributed by atoms with Crippen molar-refractivity contribution in [1.82, 2.24) is 8.96 Å². The van der Waals surface area contributed by atoms with Crippen LogP contribution in [0.4, 0.5) is 0 Å². The molecule has 0 aliphatic carbocycles. The molecule has 27 heavy (non-hydrogen) atoms. The Labute approximate surface area is 162 Å². The van der Waals surface area contributed by atoms with Gasteiger partial charge < -0.3 is 0 Å². The highest BCUT2D eigenvalue weighted by Crippen LogP contribution is 2.37. The normalized spacial score (nSPS) is 11.7. The van der Waals surface area contributed by atoms with Gasteiger partial charge in [0.05, 0.1) is 21.8 Å². The topological polar surface area (TPSA) is 52.0 Å². The Morgan fingerprint density at radius 1 is 0.926 bits per heavy atom. The maximum Gasteiger partial charge on any atom is 0.268 e. The average Bonchev–Trinajstić information content (AvgIpc) is 3.04. The van der Waals surface area contributed by atoms with E-state index < -0.39 is 10.0 Å². The van der Waals surface area contributed by atoms with Gasteiger partial charge in [-0.25, -0.2) is 12.4 Å². The molecule has 0 unspecified atom stereocenters. The van der Waals surface area contributed by atoms with Crippen LogP contribution < -0.4 is 0 Å². The Morgan fingerprint density at radius 3 is 2.33 bits per heavy atom. The minimum Gasteiger partial charge on any atom is -0.256 e. The van der Waals surface area contributed by atoms with E-state index in [0.717, 1.165) is 22.3 Å². The molecule has 2 aromatic carbocycles. The molecule has 0 aliphatic heterocycles. The molecular formula is C21H18N2O2S2. The summed E-state index contributed by atoms with van der Waals surface area (Å²) < 4.78 is 28.5. The van der Waals surface area contributed by atoms with E-state index in [1.807, 2.05) is 54.8 Å². The third-order valence-electron chi connectivity index (χ3n) is 4.41. The lowest BCUT2D eigenvalue weighted by molar-refractivity contribution is 0.588. The Kier molecular flexibility index (Phi) is 4.76. The van der Waals surface area contributed by atoms with Gasteiger partial charge in [0.1, 0.15) is 0 Å². The van der Waals surface area contributed by atoms with Crippen LogP contribution >= 0.6 is 11.8 Å². The van der Waals surface area contributed by atoms with Gasteiger partial charge in [0.2, 0.25) is 0 Å². The third kappa shape index (κ3) is 3.05. The van der Waals surface area contributed by atoms with E-state index in [0.29, 0.717) is 11.3 Å². The number of benzene rings is 2. The lowest BCUT2D eigenvalue weighted by atomic mass is 10.1. The molecule has 0 aliphatic rings. The number of thioether (sulfide) groups is 1. The number of hydrogen-bond donors (Lipinski definition) is 0. The highest BCUT2D eigenvalue weighted by molar-refractivity contribution is 7.97. The van der Waals surface area contributed by atoms with E-state index in [2.05, 4.69) is 4.98 Å². The molecule has 0 bridgehead atoms. The molecule has 0 atom stereocenters. The van der Waals surface area contributed by atoms with Crippen LogP contribution in [0.25, 0.3) is 22.2 Å². The quantitative estimate of drug-likeness (QED) is 0.488. The average molecular weight is 395 g/mol. The highest BCUT2D eigenvalue weighted by atomic mass is 32.2. The van der Waals surface area contributed by atoms with Crippen molar-refractivity contribution >= 4 is 32.7 Å². The van der Waals surface area contributed by atoms with Gasteiger partial charge in [-0.15, -0.1) is 0 Å². The first kappa shape index (κ1) is 17.8. The lowest BCUT2D eigenvalue weighted by Gasteiger charge is -2.12. The van der Waals surface area contributed by atoms with Crippen molar-refractivity contribution in [2.75, 3.05) is 6.26 Å². The summed E-state index contributed by atoms with van der Waals surface area (Å²) >= 11 is 1.59. The van der Waals surface area contributed by atoms with E-state index in [9.17, 15) is 8.42 Å². The fourth-order valence-corrected chi connectivity index (χ4v) is 5.51. The van der Waals surface area contributed by atoms with Gasteiger partial charge in [-0.2, -0.15) is 11.8 Å². The van der Waals surface area contributed by atoms with Gasteiger partial charge in [-0.05, 0) is 36.6 Å². The molecule has 4 nitrogen and oxygen atoms in total. The molecule has 2 heterocycles. The van der Waals surface area contributed by atoms with E-state index in [1.165, 1.54) is 3.97 Å². The molecule has 0 N–H and O–H groups in total. The van der Waals surface area contributed by atoms with E-state index in [-0.39, 0.29) is 4.90 Å². The zero-order valence-electron chi connectivity index (χ0n) is 14.7. The second-order valence-electron chi connectivity index (χ2n) is 6.07. The maximum atomic E-state index is 13.5. The molecular weight excluding hydrogens is 376 g/mol. The first-order chi connectivity index (χ1) is 13.1. The van der Waals surface area contributed by atoms with Gasteiger partial charge in [0.15, 0.2) is 0 Å². The minimum atomic E-state index is -3.73. The van der Waals surface area contributed by atoms with Crippen LogP contribution in [-0.4, -0.2) is 23.6 Å². The van der Waals surface area contributed by atoms with Crippen molar-refractivity contribution in [2.45, 2.75) is 10.6 Å². The molecule has 4 rings (SSSR count). The zero-order chi connectivity index (χ0) is 18.9. The molecule has 0 saturated carbocycles. The van der Waals surface area contributed by atoms with Gasteiger partial charge in [0.25, 0.3) is 10.0 Å². The molecule has 0 radical (unpaired) electrons. The summed E-state index contributed by atoms with van der Waals surface area (Å²) in [6.07, 6.45) is 3.70. The first-order valence-corrected chi connectivity index (χ1v) is 11.3. The predicted octanol–water partition coefficient (Wildman–Crippen LogP) is 4.80. The Morgan fingerprint density at radius 2 is 1.63 bits per heavy atom. The van der Waals surface area contributed by atoms with Crippen LogP contribution in [-0.2, 0) is 15.8 Å². The molecule has 0 amide bonds.